The highest BCUT2D eigenvalue weighted by Crippen LogP contribution is 2.25. The summed E-state index contributed by atoms with van der Waals surface area (Å²) in [7, 11) is 0. The fourth-order valence-corrected chi connectivity index (χ4v) is 3.38. The van der Waals surface area contributed by atoms with E-state index in [2.05, 4.69) is 6.07 Å². The number of aliphatic carboxylic acids is 1. The zero-order valence-electron chi connectivity index (χ0n) is 13.7. The van der Waals surface area contributed by atoms with Gasteiger partial charge in [-0.05, 0) is 48.9 Å². The molecule has 1 aromatic rings. The molecule has 1 amide bonds. The molecule has 1 N–H and O–H groups in total. The van der Waals surface area contributed by atoms with Crippen LogP contribution in [0.5, 0.6) is 5.75 Å². The second-order valence-electron chi connectivity index (χ2n) is 6.34. The summed E-state index contributed by atoms with van der Waals surface area (Å²) in [4.78, 5) is 24.9. The summed E-state index contributed by atoms with van der Waals surface area (Å²) in [5.41, 5.74) is 2.68. The van der Waals surface area contributed by atoms with E-state index in [4.69, 9.17) is 14.6 Å². The van der Waals surface area contributed by atoms with Crippen molar-refractivity contribution in [1.29, 1.82) is 0 Å². The Morgan fingerprint density at radius 1 is 1.25 bits per heavy atom. The van der Waals surface area contributed by atoms with Crippen molar-refractivity contribution in [2.24, 2.45) is 0 Å². The van der Waals surface area contributed by atoms with Crippen LogP contribution in [-0.2, 0) is 27.2 Å². The summed E-state index contributed by atoms with van der Waals surface area (Å²) in [6.45, 7) is 1.02. The lowest BCUT2D eigenvalue weighted by Gasteiger charge is -2.34. The number of rotatable bonds is 5. The van der Waals surface area contributed by atoms with Gasteiger partial charge in [-0.25, -0.2) is 0 Å². The maximum absolute atomic E-state index is 12.4. The minimum absolute atomic E-state index is 0.0745. The van der Waals surface area contributed by atoms with Crippen molar-refractivity contribution in [3.8, 4) is 5.75 Å². The first kappa shape index (κ1) is 16.8. The van der Waals surface area contributed by atoms with Gasteiger partial charge in [0.05, 0.1) is 25.7 Å². The molecule has 2 aliphatic rings. The predicted molar refractivity (Wildman–Crippen MR) is 87.2 cm³/mol. The summed E-state index contributed by atoms with van der Waals surface area (Å²) in [5, 5.41) is 8.96. The van der Waals surface area contributed by atoms with Gasteiger partial charge in [0.2, 0.25) is 0 Å². The molecule has 6 heteroatoms. The van der Waals surface area contributed by atoms with Gasteiger partial charge in [-0.3, -0.25) is 9.59 Å². The molecule has 0 bridgehead atoms. The van der Waals surface area contributed by atoms with E-state index < -0.39 is 12.0 Å². The maximum atomic E-state index is 12.4. The molecule has 1 saturated heterocycles. The number of carbonyl (C=O) groups excluding carboxylic acids is 1. The highest BCUT2D eigenvalue weighted by atomic mass is 16.5. The number of ether oxygens (including phenoxy) is 2. The predicted octanol–water partition coefficient (Wildman–Crippen LogP) is 1.65. The van der Waals surface area contributed by atoms with Crippen molar-refractivity contribution >= 4 is 11.9 Å². The lowest BCUT2D eigenvalue weighted by atomic mass is 9.92. The summed E-state index contributed by atoms with van der Waals surface area (Å²) >= 11 is 0. The number of fused-ring (bicyclic) bond motifs is 1. The zero-order chi connectivity index (χ0) is 16.9. The number of aryl methyl sites for hydroxylation is 2. The highest BCUT2D eigenvalue weighted by Gasteiger charge is 2.29. The van der Waals surface area contributed by atoms with Crippen molar-refractivity contribution in [1.82, 2.24) is 4.90 Å². The van der Waals surface area contributed by atoms with Crippen LogP contribution >= 0.6 is 0 Å². The Balaban J connectivity index is 1.59. The monoisotopic (exact) mass is 333 g/mol. The maximum Gasteiger partial charge on any atom is 0.305 e. The van der Waals surface area contributed by atoms with Crippen LogP contribution in [0, 0.1) is 0 Å². The number of carbonyl (C=O) groups is 2. The Morgan fingerprint density at radius 2 is 2.04 bits per heavy atom. The van der Waals surface area contributed by atoms with Crippen molar-refractivity contribution < 1.29 is 24.2 Å². The Hall–Kier alpha value is -2.08. The van der Waals surface area contributed by atoms with Gasteiger partial charge in [0, 0.05) is 6.54 Å². The van der Waals surface area contributed by atoms with Crippen LogP contribution in [0.2, 0.25) is 0 Å². The van der Waals surface area contributed by atoms with Gasteiger partial charge in [-0.15, -0.1) is 0 Å². The molecular weight excluding hydrogens is 310 g/mol. The third-order valence-electron chi connectivity index (χ3n) is 4.64. The average molecular weight is 333 g/mol. The van der Waals surface area contributed by atoms with Gasteiger partial charge in [0.25, 0.3) is 5.91 Å². The number of carboxylic acids is 1. The van der Waals surface area contributed by atoms with E-state index in [-0.39, 0.29) is 25.5 Å². The van der Waals surface area contributed by atoms with E-state index in [1.165, 1.54) is 24.0 Å². The van der Waals surface area contributed by atoms with Crippen LogP contribution in [0.4, 0.5) is 0 Å². The fourth-order valence-electron chi connectivity index (χ4n) is 3.38. The molecule has 1 heterocycles. The van der Waals surface area contributed by atoms with Gasteiger partial charge < -0.3 is 19.5 Å². The van der Waals surface area contributed by atoms with E-state index in [1.807, 2.05) is 12.1 Å². The molecule has 24 heavy (non-hydrogen) atoms. The fraction of sp³-hybridized carbons (Fsp3) is 0.556. The molecule has 1 aliphatic carbocycles. The molecule has 6 nitrogen and oxygen atoms in total. The number of nitrogens with zero attached hydrogens (tertiary/aromatic N) is 1. The molecule has 1 aliphatic heterocycles. The van der Waals surface area contributed by atoms with Crippen LogP contribution in [0.25, 0.3) is 0 Å². The molecule has 0 aromatic heterocycles. The topological polar surface area (TPSA) is 76.1 Å². The normalized spacial score (nSPS) is 20.3. The molecule has 0 spiro atoms. The lowest BCUT2D eigenvalue weighted by molar-refractivity contribution is -0.147. The van der Waals surface area contributed by atoms with E-state index in [0.717, 1.165) is 12.8 Å². The van der Waals surface area contributed by atoms with Crippen LogP contribution in [0.1, 0.15) is 30.4 Å². The van der Waals surface area contributed by atoms with Gasteiger partial charge in [0.1, 0.15) is 5.75 Å². The van der Waals surface area contributed by atoms with Crippen LogP contribution < -0.4 is 4.74 Å². The Morgan fingerprint density at radius 3 is 2.83 bits per heavy atom. The summed E-state index contributed by atoms with van der Waals surface area (Å²) in [5.74, 6) is -0.423. The lowest BCUT2D eigenvalue weighted by Crippen LogP contribution is -2.51. The van der Waals surface area contributed by atoms with Crippen molar-refractivity contribution in [3.63, 3.8) is 0 Å². The van der Waals surface area contributed by atoms with Crippen molar-refractivity contribution in [2.45, 2.75) is 38.1 Å². The van der Waals surface area contributed by atoms with Crippen LogP contribution in [-0.4, -0.2) is 54.3 Å². The molecular formula is C18H23NO5. The van der Waals surface area contributed by atoms with E-state index >= 15 is 0 Å². The molecule has 3 rings (SSSR count). The zero-order valence-corrected chi connectivity index (χ0v) is 13.7. The number of carboxylic acid groups (broad SMARTS) is 1. The van der Waals surface area contributed by atoms with Gasteiger partial charge in [0.15, 0.2) is 6.61 Å². The van der Waals surface area contributed by atoms with E-state index in [0.29, 0.717) is 18.9 Å². The van der Waals surface area contributed by atoms with E-state index in [9.17, 15) is 9.59 Å². The number of hydrogen-bond acceptors (Lipinski definition) is 4. The first-order valence-electron chi connectivity index (χ1n) is 8.47. The van der Waals surface area contributed by atoms with Gasteiger partial charge in [-0.1, -0.05) is 6.07 Å². The van der Waals surface area contributed by atoms with Crippen LogP contribution in [0.3, 0.4) is 0 Å². The second-order valence-corrected chi connectivity index (χ2v) is 6.34. The van der Waals surface area contributed by atoms with Crippen molar-refractivity contribution in [2.75, 3.05) is 26.4 Å². The summed E-state index contributed by atoms with van der Waals surface area (Å²) in [6.07, 6.45) is 4.49. The number of amides is 1. The first-order valence-corrected chi connectivity index (χ1v) is 8.47. The Kier molecular flexibility index (Phi) is 5.35. The van der Waals surface area contributed by atoms with Crippen molar-refractivity contribution in [3.05, 3.63) is 29.3 Å². The average Bonchev–Trinajstić information content (AvgIpc) is 2.59. The minimum Gasteiger partial charge on any atom is -0.484 e. The number of morpholine rings is 1. The van der Waals surface area contributed by atoms with Crippen LogP contribution in [0.15, 0.2) is 18.2 Å². The molecule has 1 fully saturated rings. The third-order valence-corrected chi connectivity index (χ3v) is 4.64. The quantitative estimate of drug-likeness (QED) is 0.887. The molecule has 0 radical (unpaired) electrons. The smallest absolute Gasteiger partial charge is 0.305 e. The third kappa shape index (κ3) is 4.06. The molecule has 0 saturated carbocycles. The Labute approximate surface area is 141 Å². The van der Waals surface area contributed by atoms with Gasteiger partial charge >= 0.3 is 5.97 Å². The number of hydrogen-bond donors (Lipinski definition) is 1. The molecule has 1 atom stereocenters. The molecule has 130 valence electrons. The first-order chi connectivity index (χ1) is 11.6. The second kappa shape index (κ2) is 7.66. The largest absolute Gasteiger partial charge is 0.484 e. The molecule has 1 aromatic carbocycles. The summed E-state index contributed by atoms with van der Waals surface area (Å²) < 4.78 is 11.0. The summed E-state index contributed by atoms with van der Waals surface area (Å²) in [6, 6.07) is 5.59. The SMILES string of the molecule is O=C(O)CC1COCCN1C(=O)COc1ccc2c(c1)CCCC2. The van der Waals surface area contributed by atoms with Gasteiger partial charge in [-0.2, -0.15) is 0 Å². The minimum atomic E-state index is -0.932. The molecule has 1 unspecified atom stereocenters. The highest BCUT2D eigenvalue weighted by molar-refractivity contribution is 5.79. The van der Waals surface area contributed by atoms with E-state index in [1.54, 1.807) is 4.90 Å². The standard InChI is InChI=1S/C18H23NO5/c20-17(19-7-8-23-11-15(19)10-18(21)22)12-24-16-6-5-13-3-1-2-4-14(13)9-16/h5-6,9,15H,1-4,7-8,10-12H2,(H,21,22). The number of benzene rings is 1. The Bertz CT molecular complexity index is 615.